The molecule has 0 aliphatic rings. The highest BCUT2D eigenvalue weighted by molar-refractivity contribution is 6.32. The molecule has 25 heavy (non-hydrogen) atoms. The normalized spacial score (nSPS) is 10.6. The third kappa shape index (κ3) is 4.54. The third-order valence-corrected chi connectivity index (χ3v) is 3.55. The number of halogens is 1. The quantitative estimate of drug-likeness (QED) is 0.607. The fourth-order valence-electron chi connectivity index (χ4n) is 1.99. The molecule has 8 heteroatoms. The summed E-state index contributed by atoms with van der Waals surface area (Å²) < 4.78 is 15.2. The fourth-order valence-corrected chi connectivity index (χ4v) is 2.21. The number of aromatic hydroxyl groups is 1. The van der Waals surface area contributed by atoms with Crippen LogP contribution in [0.3, 0.4) is 0 Å². The molecule has 0 fully saturated rings. The molecular formula is C17H17ClN2O5. The SMILES string of the molecule is COc1cc(OC)cc(C(=O)N/N=C\c2cc(Cl)c(O)c(OC)c2)c1. The van der Waals surface area contributed by atoms with Gasteiger partial charge in [-0.2, -0.15) is 5.10 Å². The lowest BCUT2D eigenvalue weighted by Gasteiger charge is -2.07. The summed E-state index contributed by atoms with van der Waals surface area (Å²) >= 11 is 5.90. The first-order valence-corrected chi connectivity index (χ1v) is 7.49. The predicted octanol–water partition coefficient (Wildman–Crippen LogP) is 2.84. The smallest absolute Gasteiger partial charge is 0.271 e. The Balaban J connectivity index is 2.14. The van der Waals surface area contributed by atoms with E-state index in [1.54, 1.807) is 18.2 Å². The molecule has 0 aliphatic heterocycles. The van der Waals surface area contributed by atoms with Gasteiger partial charge in [0.15, 0.2) is 11.5 Å². The molecule has 2 rings (SSSR count). The molecule has 2 aromatic rings. The van der Waals surface area contributed by atoms with Crippen molar-refractivity contribution in [3.8, 4) is 23.0 Å². The van der Waals surface area contributed by atoms with Gasteiger partial charge in [-0.1, -0.05) is 11.6 Å². The molecule has 7 nitrogen and oxygen atoms in total. The number of phenolic OH excluding ortho intramolecular Hbond substituents is 1. The number of methoxy groups -OCH3 is 3. The van der Waals surface area contributed by atoms with E-state index in [1.165, 1.54) is 39.7 Å². The lowest BCUT2D eigenvalue weighted by Crippen LogP contribution is -2.17. The maximum absolute atomic E-state index is 12.2. The Labute approximate surface area is 149 Å². The van der Waals surface area contributed by atoms with Crippen LogP contribution < -0.4 is 19.6 Å². The summed E-state index contributed by atoms with van der Waals surface area (Å²) in [5.74, 6) is 0.587. The van der Waals surface area contributed by atoms with Crippen molar-refractivity contribution in [3.05, 3.63) is 46.5 Å². The first-order valence-electron chi connectivity index (χ1n) is 7.11. The number of amides is 1. The molecular weight excluding hydrogens is 348 g/mol. The van der Waals surface area contributed by atoms with E-state index in [9.17, 15) is 9.90 Å². The average Bonchev–Trinajstić information content (AvgIpc) is 2.63. The van der Waals surface area contributed by atoms with Crippen LogP contribution in [0.15, 0.2) is 35.4 Å². The van der Waals surface area contributed by atoms with E-state index in [-0.39, 0.29) is 16.5 Å². The number of hydrogen-bond acceptors (Lipinski definition) is 6. The number of nitrogens with one attached hydrogen (secondary N) is 1. The van der Waals surface area contributed by atoms with Crippen molar-refractivity contribution in [2.24, 2.45) is 5.10 Å². The van der Waals surface area contributed by atoms with E-state index in [0.717, 1.165) is 0 Å². The van der Waals surface area contributed by atoms with Crippen molar-refractivity contribution < 1.29 is 24.1 Å². The largest absolute Gasteiger partial charge is 0.503 e. The molecule has 0 aliphatic carbocycles. The van der Waals surface area contributed by atoms with Gasteiger partial charge in [-0.3, -0.25) is 4.79 Å². The van der Waals surface area contributed by atoms with Gasteiger partial charge in [0.25, 0.3) is 5.91 Å². The van der Waals surface area contributed by atoms with Crippen molar-refractivity contribution in [1.29, 1.82) is 0 Å². The summed E-state index contributed by atoms with van der Waals surface area (Å²) in [5.41, 5.74) is 3.27. The van der Waals surface area contributed by atoms with Gasteiger partial charge in [-0.15, -0.1) is 0 Å². The number of hydrazone groups is 1. The van der Waals surface area contributed by atoms with Crippen LogP contribution in [-0.4, -0.2) is 38.6 Å². The van der Waals surface area contributed by atoms with Crippen LogP contribution in [0.2, 0.25) is 5.02 Å². The zero-order valence-corrected chi connectivity index (χ0v) is 14.6. The van der Waals surface area contributed by atoms with Gasteiger partial charge in [-0.25, -0.2) is 5.43 Å². The third-order valence-electron chi connectivity index (χ3n) is 3.26. The van der Waals surface area contributed by atoms with E-state index >= 15 is 0 Å². The Morgan fingerprint density at radius 3 is 2.28 bits per heavy atom. The number of hydrogen-bond donors (Lipinski definition) is 2. The fraction of sp³-hybridized carbons (Fsp3) is 0.176. The Kier molecular flexibility index (Phi) is 6.08. The van der Waals surface area contributed by atoms with Gasteiger partial charge in [-0.05, 0) is 29.8 Å². The highest BCUT2D eigenvalue weighted by Crippen LogP contribution is 2.34. The summed E-state index contributed by atoms with van der Waals surface area (Å²) in [6.45, 7) is 0. The predicted molar refractivity (Wildman–Crippen MR) is 94.3 cm³/mol. The van der Waals surface area contributed by atoms with Crippen molar-refractivity contribution >= 4 is 23.7 Å². The molecule has 0 saturated heterocycles. The van der Waals surface area contributed by atoms with E-state index < -0.39 is 5.91 Å². The Hall–Kier alpha value is -2.93. The molecule has 0 spiro atoms. The zero-order chi connectivity index (χ0) is 18.4. The van der Waals surface area contributed by atoms with Crippen molar-refractivity contribution in [3.63, 3.8) is 0 Å². The number of nitrogens with zero attached hydrogens (tertiary/aromatic N) is 1. The molecule has 0 radical (unpaired) electrons. The molecule has 0 heterocycles. The maximum atomic E-state index is 12.2. The van der Waals surface area contributed by atoms with E-state index in [0.29, 0.717) is 22.6 Å². The summed E-state index contributed by atoms with van der Waals surface area (Å²) in [4.78, 5) is 12.2. The van der Waals surface area contributed by atoms with Crippen LogP contribution in [0.1, 0.15) is 15.9 Å². The van der Waals surface area contributed by atoms with Gasteiger partial charge < -0.3 is 19.3 Å². The summed E-state index contributed by atoms with van der Waals surface area (Å²) in [6.07, 6.45) is 1.38. The highest BCUT2D eigenvalue weighted by Gasteiger charge is 2.10. The second-order valence-electron chi connectivity index (χ2n) is 4.85. The molecule has 1 amide bonds. The van der Waals surface area contributed by atoms with Crippen LogP contribution in [0.5, 0.6) is 23.0 Å². The lowest BCUT2D eigenvalue weighted by atomic mass is 10.2. The standard InChI is InChI=1S/C17H17ClN2O5/c1-23-12-6-11(7-13(8-12)24-2)17(22)20-19-9-10-4-14(18)16(21)15(5-10)25-3/h4-9,21H,1-3H3,(H,20,22)/b19-9-. The highest BCUT2D eigenvalue weighted by atomic mass is 35.5. The van der Waals surface area contributed by atoms with E-state index in [2.05, 4.69) is 10.5 Å². The molecule has 132 valence electrons. The first-order chi connectivity index (χ1) is 12.0. The van der Waals surface area contributed by atoms with Gasteiger partial charge in [0.2, 0.25) is 0 Å². The number of phenols is 1. The van der Waals surface area contributed by atoms with Gasteiger partial charge >= 0.3 is 0 Å². The average molecular weight is 365 g/mol. The molecule has 2 aromatic carbocycles. The minimum absolute atomic E-state index is 0.115. The van der Waals surface area contributed by atoms with Crippen molar-refractivity contribution in [2.75, 3.05) is 21.3 Å². The van der Waals surface area contributed by atoms with Crippen LogP contribution in [0, 0.1) is 0 Å². The minimum Gasteiger partial charge on any atom is -0.503 e. The van der Waals surface area contributed by atoms with E-state index in [4.69, 9.17) is 25.8 Å². The summed E-state index contributed by atoms with van der Waals surface area (Å²) in [5, 5.41) is 13.7. The van der Waals surface area contributed by atoms with Gasteiger partial charge in [0.1, 0.15) is 11.5 Å². The Morgan fingerprint density at radius 1 is 1.08 bits per heavy atom. The number of carbonyl (C=O) groups excluding carboxylic acids is 1. The number of benzene rings is 2. The Bertz CT molecular complexity index is 786. The van der Waals surface area contributed by atoms with E-state index in [1.807, 2.05) is 0 Å². The first kappa shape index (κ1) is 18.4. The Morgan fingerprint density at radius 2 is 1.72 bits per heavy atom. The number of rotatable bonds is 6. The van der Waals surface area contributed by atoms with Gasteiger partial charge in [0.05, 0.1) is 32.6 Å². The molecule has 0 atom stereocenters. The van der Waals surface area contributed by atoms with Crippen LogP contribution in [0.25, 0.3) is 0 Å². The van der Waals surface area contributed by atoms with Crippen molar-refractivity contribution in [1.82, 2.24) is 5.43 Å². The number of carbonyl (C=O) groups is 1. The monoisotopic (exact) mass is 364 g/mol. The zero-order valence-electron chi connectivity index (χ0n) is 13.9. The van der Waals surface area contributed by atoms with Crippen LogP contribution in [0.4, 0.5) is 0 Å². The summed E-state index contributed by atoms with van der Waals surface area (Å²) in [6, 6.07) is 7.81. The molecule has 0 saturated carbocycles. The van der Waals surface area contributed by atoms with Gasteiger partial charge in [0, 0.05) is 11.6 Å². The maximum Gasteiger partial charge on any atom is 0.271 e. The van der Waals surface area contributed by atoms with Crippen molar-refractivity contribution in [2.45, 2.75) is 0 Å². The lowest BCUT2D eigenvalue weighted by molar-refractivity contribution is 0.0954. The van der Waals surface area contributed by atoms with Crippen LogP contribution >= 0.6 is 11.6 Å². The molecule has 2 N–H and O–H groups in total. The topological polar surface area (TPSA) is 89.4 Å². The second-order valence-corrected chi connectivity index (χ2v) is 5.26. The summed E-state index contributed by atoms with van der Waals surface area (Å²) in [7, 11) is 4.40. The number of ether oxygens (including phenoxy) is 3. The molecule has 0 aromatic heterocycles. The molecule has 0 bridgehead atoms. The second kappa shape index (κ2) is 8.25. The molecule has 0 unspecified atom stereocenters. The van der Waals surface area contributed by atoms with Crippen LogP contribution in [-0.2, 0) is 0 Å². The minimum atomic E-state index is -0.440.